The molecule has 0 aliphatic heterocycles. The van der Waals surface area contributed by atoms with E-state index in [1.54, 1.807) is 37.2 Å². The second kappa shape index (κ2) is 6.10. The Hall–Kier alpha value is -2.14. The zero-order valence-corrected chi connectivity index (χ0v) is 12.2. The molecular weight excluding hydrogens is 298 g/mol. The Morgan fingerprint density at radius 3 is 2.48 bits per heavy atom. The van der Waals surface area contributed by atoms with Crippen molar-refractivity contribution in [3.05, 3.63) is 58.6 Å². The molecule has 0 heterocycles. The van der Waals surface area contributed by atoms with Crippen molar-refractivity contribution in [3.63, 3.8) is 0 Å². The summed E-state index contributed by atoms with van der Waals surface area (Å²) in [5.74, 6) is -2.98. The Bertz CT molecular complexity index is 689. The summed E-state index contributed by atoms with van der Waals surface area (Å²) in [4.78, 5) is 13.8. The molecule has 2 rings (SSSR count). The van der Waals surface area contributed by atoms with Crippen LogP contribution in [0.15, 0.2) is 36.4 Å². The Labute approximate surface area is 126 Å². The van der Waals surface area contributed by atoms with Crippen LogP contribution in [-0.4, -0.2) is 20.0 Å². The number of anilines is 2. The number of para-hydroxylation sites is 1. The SMILES string of the molecule is CN(C)c1c(Cl)cccc1NC(=O)c1cccc(F)c1F. The number of rotatable bonds is 3. The molecule has 0 unspecified atom stereocenters. The van der Waals surface area contributed by atoms with Gasteiger partial charge in [-0.3, -0.25) is 4.79 Å². The van der Waals surface area contributed by atoms with Crippen LogP contribution in [0.4, 0.5) is 20.2 Å². The van der Waals surface area contributed by atoms with E-state index in [1.165, 1.54) is 12.1 Å². The van der Waals surface area contributed by atoms with E-state index in [4.69, 9.17) is 11.6 Å². The molecule has 0 fully saturated rings. The molecule has 0 saturated carbocycles. The van der Waals surface area contributed by atoms with Gasteiger partial charge in [-0.1, -0.05) is 23.7 Å². The van der Waals surface area contributed by atoms with Crippen LogP contribution in [0.5, 0.6) is 0 Å². The second-order valence-electron chi connectivity index (χ2n) is 4.59. The third kappa shape index (κ3) is 3.13. The number of hydrogen-bond acceptors (Lipinski definition) is 2. The van der Waals surface area contributed by atoms with E-state index in [-0.39, 0.29) is 5.56 Å². The zero-order chi connectivity index (χ0) is 15.6. The number of halogens is 3. The van der Waals surface area contributed by atoms with Crippen LogP contribution < -0.4 is 10.2 Å². The number of amides is 1. The van der Waals surface area contributed by atoms with Gasteiger partial charge >= 0.3 is 0 Å². The van der Waals surface area contributed by atoms with Gasteiger partial charge in [0.2, 0.25) is 0 Å². The molecule has 110 valence electrons. The van der Waals surface area contributed by atoms with Crippen LogP contribution >= 0.6 is 11.6 Å². The predicted molar refractivity (Wildman–Crippen MR) is 80.1 cm³/mol. The van der Waals surface area contributed by atoms with E-state index in [2.05, 4.69) is 5.32 Å². The number of nitrogens with zero attached hydrogens (tertiary/aromatic N) is 1. The first kappa shape index (κ1) is 15.3. The average Bonchev–Trinajstić information content (AvgIpc) is 2.41. The van der Waals surface area contributed by atoms with Gasteiger partial charge in [-0.15, -0.1) is 0 Å². The maximum Gasteiger partial charge on any atom is 0.258 e. The molecule has 0 aromatic heterocycles. The molecule has 0 aliphatic rings. The summed E-state index contributed by atoms with van der Waals surface area (Å²) in [5, 5.41) is 2.99. The van der Waals surface area contributed by atoms with Crippen molar-refractivity contribution in [2.24, 2.45) is 0 Å². The van der Waals surface area contributed by atoms with E-state index < -0.39 is 17.5 Å². The van der Waals surface area contributed by atoms with Crippen molar-refractivity contribution in [1.29, 1.82) is 0 Å². The molecule has 1 N–H and O–H groups in total. The first-order chi connectivity index (χ1) is 9.91. The summed E-state index contributed by atoms with van der Waals surface area (Å²) in [6.45, 7) is 0. The van der Waals surface area contributed by atoms with Gasteiger partial charge in [-0.2, -0.15) is 0 Å². The fraction of sp³-hybridized carbons (Fsp3) is 0.133. The van der Waals surface area contributed by atoms with Crippen molar-refractivity contribution in [3.8, 4) is 0 Å². The molecule has 0 aliphatic carbocycles. The van der Waals surface area contributed by atoms with Gasteiger partial charge in [0.1, 0.15) is 0 Å². The Kier molecular flexibility index (Phi) is 4.43. The Morgan fingerprint density at radius 1 is 1.14 bits per heavy atom. The molecule has 0 atom stereocenters. The highest BCUT2D eigenvalue weighted by Gasteiger charge is 2.17. The number of hydrogen-bond donors (Lipinski definition) is 1. The van der Waals surface area contributed by atoms with Gasteiger partial charge in [0.15, 0.2) is 11.6 Å². The van der Waals surface area contributed by atoms with Crippen LogP contribution in [0.3, 0.4) is 0 Å². The smallest absolute Gasteiger partial charge is 0.258 e. The van der Waals surface area contributed by atoms with Gasteiger partial charge in [0.25, 0.3) is 5.91 Å². The lowest BCUT2D eigenvalue weighted by Gasteiger charge is -2.19. The minimum atomic E-state index is -1.18. The number of nitrogens with one attached hydrogen (secondary N) is 1. The molecule has 21 heavy (non-hydrogen) atoms. The van der Waals surface area contributed by atoms with Crippen molar-refractivity contribution >= 4 is 28.9 Å². The fourth-order valence-electron chi connectivity index (χ4n) is 1.94. The largest absolute Gasteiger partial charge is 0.375 e. The summed E-state index contributed by atoms with van der Waals surface area (Å²) in [5.41, 5.74) is 0.644. The molecular formula is C15H13ClF2N2O. The minimum Gasteiger partial charge on any atom is -0.375 e. The molecule has 0 bridgehead atoms. The van der Waals surface area contributed by atoms with E-state index >= 15 is 0 Å². The summed E-state index contributed by atoms with van der Waals surface area (Å²) in [6, 6.07) is 8.42. The fourth-order valence-corrected chi connectivity index (χ4v) is 2.28. The van der Waals surface area contributed by atoms with E-state index in [1.807, 2.05) is 0 Å². The van der Waals surface area contributed by atoms with E-state index in [0.717, 1.165) is 6.07 Å². The number of carbonyl (C=O) groups excluding carboxylic acids is 1. The molecule has 0 saturated heterocycles. The van der Waals surface area contributed by atoms with Crippen molar-refractivity contribution in [1.82, 2.24) is 0 Å². The number of benzene rings is 2. The zero-order valence-electron chi connectivity index (χ0n) is 11.5. The lowest BCUT2D eigenvalue weighted by atomic mass is 10.1. The van der Waals surface area contributed by atoms with Crippen molar-refractivity contribution in [2.75, 3.05) is 24.3 Å². The van der Waals surface area contributed by atoms with Crippen molar-refractivity contribution in [2.45, 2.75) is 0 Å². The molecule has 2 aromatic carbocycles. The van der Waals surface area contributed by atoms with Crippen LogP contribution in [0, 0.1) is 11.6 Å². The highest BCUT2D eigenvalue weighted by Crippen LogP contribution is 2.32. The predicted octanol–water partition coefficient (Wildman–Crippen LogP) is 3.94. The third-order valence-corrected chi connectivity index (χ3v) is 3.18. The van der Waals surface area contributed by atoms with Gasteiger partial charge < -0.3 is 10.2 Å². The maximum atomic E-state index is 13.6. The Balaban J connectivity index is 2.37. The van der Waals surface area contributed by atoms with E-state index in [0.29, 0.717) is 16.4 Å². The minimum absolute atomic E-state index is 0.361. The molecule has 0 spiro atoms. The van der Waals surface area contributed by atoms with Crippen LogP contribution in [-0.2, 0) is 0 Å². The van der Waals surface area contributed by atoms with Crippen LogP contribution in [0.1, 0.15) is 10.4 Å². The summed E-state index contributed by atoms with van der Waals surface area (Å²) < 4.78 is 26.8. The summed E-state index contributed by atoms with van der Waals surface area (Å²) in [6.07, 6.45) is 0. The topological polar surface area (TPSA) is 32.3 Å². The van der Waals surface area contributed by atoms with Gasteiger partial charge in [0, 0.05) is 14.1 Å². The Morgan fingerprint density at radius 2 is 1.81 bits per heavy atom. The molecule has 0 radical (unpaired) electrons. The quantitative estimate of drug-likeness (QED) is 0.931. The first-order valence-corrected chi connectivity index (χ1v) is 6.51. The third-order valence-electron chi connectivity index (χ3n) is 2.88. The normalized spacial score (nSPS) is 10.3. The molecule has 3 nitrogen and oxygen atoms in total. The summed E-state index contributed by atoms with van der Waals surface area (Å²) >= 11 is 6.08. The maximum absolute atomic E-state index is 13.6. The standard InChI is InChI=1S/C15H13ClF2N2O/c1-20(2)14-10(16)6-4-8-12(14)19-15(21)9-5-3-7-11(17)13(9)18/h3-8H,1-2H3,(H,19,21). The average molecular weight is 311 g/mol. The van der Waals surface area contributed by atoms with Gasteiger partial charge in [0.05, 0.1) is 22.0 Å². The van der Waals surface area contributed by atoms with Crippen LogP contribution in [0.2, 0.25) is 5.02 Å². The van der Waals surface area contributed by atoms with Gasteiger partial charge in [-0.05, 0) is 24.3 Å². The molecule has 1 amide bonds. The monoisotopic (exact) mass is 310 g/mol. The lowest BCUT2D eigenvalue weighted by Crippen LogP contribution is -2.18. The van der Waals surface area contributed by atoms with Gasteiger partial charge in [-0.25, -0.2) is 8.78 Å². The molecule has 2 aromatic rings. The van der Waals surface area contributed by atoms with Crippen LogP contribution in [0.25, 0.3) is 0 Å². The highest BCUT2D eigenvalue weighted by molar-refractivity contribution is 6.34. The van der Waals surface area contributed by atoms with E-state index in [9.17, 15) is 13.6 Å². The highest BCUT2D eigenvalue weighted by atomic mass is 35.5. The summed E-state index contributed by atoms with van der Waals surface area (Å²) in [7, 11) is 3.53. The lowest BCUT2D eigenvalue weighted by molar-refractivity contribution is 0.102. The number of carbonyl (C=O) groups is 1. The molecule has 6 heteroatoms. The first-order valence-electron chi connectivity index (χ1n) is 6.13. The van der Waals surface area contributed by atoms with Crippen molar-refractivity contribution < 1.29 is 13.6 Å². The second-order valence-corrected chi connectivity index (χ2v) is 4.99.